The molecule has 2 rings (SSSR count). The summed E-state index contributed by atoms with van der Waals surface area (Å²) in [5, 5.41) is 18.7. The van der Waals surface area contributed by atoms with E-state index in [1.165, 1.54) is 18.0 Å². The first-order chi connectivity index (χ1) is 8.72. The minimum Gasteiger partial charge on any atom is -0.464 e. The molecule has 0 bridgehead atoms. The number of nitrogens with one attached hydrogen (secondary N) is 1. The SMILES string of the molecule is CSc1[nH]c(=O)c(C#N)c(-c2ccco2)c1C#N. The monoisotopic (exact) mass is 257 g/mol. The van der Waals surface area contributed by atoms with Crippen LogP contribution in [0.3, 0.4) is 0 Å². The zero-order chi connectivity index (χ0) is 13.1. The standard InChI is InChI=1S/C12H7N3O2S/c1-18-12-8(6-14)10(9-3-2-4-17-9)7(5-13)11(16)15-12/h2-4H,1H3,(H,15,16). The number of nitrogens with zero attached hydrogens (tertiary/aromatic N) is 2. The Morgan fingerprint density at radius 2 is 2.06 bits per heavy atom. The number of thioether (sulfide) groups is 1. The molecule has 6 heteroatoms. The molecule has 0 spiro atoms. The van der Waals surface area contributed by atoms with E-state index >= 15 is 0 Å². The van der Waals surface area contributed by atoms with Crippen molar-refractivity contribution < 1.29 is 4.42 Å². The largest absolute Gasteiger partial charge is 0.464 e. The molecule has 1 N–H and O–H groups in total. The lowest BCUT2D eigenvalue weighted by molar-refractivity contribution is 0.581. The van der Waals surface area contributed by atoms with Gasteiger partial charge < -0.3 is 9.40 Å². The first-order valence-electron chi connectivity index (χ1n) is 4.91. The highest BCUT2D eigenvalue weighted by molar-refractivity contribution is 7.98. The van der Waals surface area contributed by atoms with Gasteiger partial charge in [0.1, 0.15) is 23.5 Å². The van der Waals surface area contributed by atoms with Crippen LogP contribution in [0.4, 0.5) is 0 Å². The van der Waals surface area contributed by atoms with Crippen molar-refractivity contribution in [3.8, 4) is 23.5 Å². The summed E-state index contributed by atoms with van der Waals surface area (Å²) in [5.41, 5.74) is -0.141. The highest BCUT2D eigenvalue weighted by Gasteiger charge is 2.20. The van der Waals surface area contributed by atoms with Crippen molar-refractivity contribution in [3.63, 3.8) is 0 Å². The van der Waals surface area contributed by atoms with Gasteiger partial charge in [-0.15, -0.1) is 11.8 Å². The minimum atomic E-state index is -0.521. The quantitative estimate of drug-likeness (QED) is 0.831. The summed E-state index contributed by atoms with van der Waals surface area (Å²) in [7, 11) is 0. The van der Waals surface area contributed by atoms with Crippen molar-refractivity contribution in [2.75, 3.05) is 6.26 Å². The van der Waals surface area contributed by atoms with Crippen LogP contribution >= 0.6 is 11.8 Å². The average Bonchev–Trinajstić information content (AvgIpc) is 2.90. The highest BCUT2D eigenvalue weighted by Crippen LogP contribution is 2.30. The van der Waals surface area contributed by atoms with Crippen LogP contribution in [0.5, 0.6) is 0 Å². The topological polar surface area (TPSA) is 93.6 Å². The van der Waals surface area contributed by atoms with E-state index in [2.05, 4.69) is 4.98 Å². The summed E-state index contributed by atoms with van der Waals surface area (Å²) < 4.78 is 5.19. The second-order valence-electron chi connectivity index (χ2n) is 3.31. The van der Waals surface area contributed by atoms with Gasteiger partial charge in [0.15, 0.2) is 0 Å². The van der Waals surface area contributed by atoms with Crippen molar-refractivity contribution in [2.24, 2.45) is 0 Å². The summed E-state index contributed by atoms with van der Waals surface area (Å²) in [6.07, 6.45) is 3.17. The molecule has 0 radical (unpaired) electrons. The third-order valence-electron chi connectivity index (χ3n) is 2.38. The molecule has 5 nitrogen and oxygen atoms in total. The number of rotatable bonds is 2. The number of H-pyrrole nitrogens is 1. The van der Waals surface area contributed by atoms with Crippen LogP contribution in [0.1, 0.15) is 11.1 Å². The van der Waals surface area contributed by atoms with Gasteiger partial charge in [0.05, 0.1) is 22.4 Å². The predicted octanol–water partition coefficient (Wildman–Crippen LogP) is 2.10. The molecule has 2 aromatic heterocycles. The minimum absolute atomic E-state index is 0.112. The fraction of sp³-hybridized carbons (Fsp3) is 0.0833. The second kappa shape index (κ2) is 4.82. The Morgan fingerprint density at radius 3 is 2.56 bits per heavy atom. The lowest BCUT2D eigenvalue weighted by Crippen LogP contribution is -2.14. The van der Waals surface area contributed by atoms with Crippen LogP contribution in [0.25, 0.3) is 11.3 Å². The van der Waals surface area contributed by atoms with E-state index < -0.39 is 5.56 Å². The Kier molecular flexibility index (Phi) is 3.22. The van der Waals surface area contributed by atoms with E-state index in [0.717, 1.165) is 0 Å². The van der Waals surface area contributed by atoms with Crippen molar-refractivity contribution in [2.45, 2.75) is 5.03 Å². The van der Waals surface area contributed by atoms with Gasteiger partial charge in [0.25, 0.3) is 5.56 Å². The van der Waals surface area contributed by atoms with E-state index in [9.17, 15) is 10.1 Å². The summed E-state index contributed by atoms with van der Waals surface area (Å²) in [6, 6.07) is 7.07. The first kappa shape index (κ1) is 12.0. The number of pyridine rings is 1. The third kappa shape index (κ3) is 1.79. The Bertz CT molecular complexity index is 718. The van der Waals surface area contributed by atoms with Crippen LogP contribution in [0, 0.1) is 22.7 Å². The maximum absolute atomic E-state index is 11.8. The van der Waals surface area contributed by atoms with Gasteiger partial charge in [0, 0.05) is 0 Å². The first-order valence-corrected chi connectivity index (χ1v) is 6.13. The maximum atomic E-state index is 11.8. The Hall–Kier alpha value is -2.44. The van der Waals surface area contributed by atoms with Crippen LogP contribution in [0.2, 0.25) is 0 Å². The van der Waals surface area contributed by atoms with Gasteiger partial charge in [-0.2, -0.15) is 10.5 Å². The summed E-state index contributed by atoms with van der Waals surface area (Å²) >= 11 is 1.24. The Labute approximate surface area is 107 Å². The van der Waals surface area contributed by atoms with Crippen LogP contribution < -0.4 is 5.56 Å². The molecule has 0 saturated carbocycles. The molecule has 0 unspecified atom stereocenters. The van der Waals surface area contributed by atoms with E-state index in [1.54, 1.807) is 18.4 Å². The number of aromatic nitrogens is 1. The normalized spacial score (nSPS) is 9.72. The molecule has 0 saturated heterocycles. The van der Waals surface area contributed by atoms with E-state index in [1.807, 2.05) is 12.1 Å². The third-order valence-corrected chi connectivity index (χ3v) is 3.09. The summed E-state index contributed by atoms with van der Waals surface area (Å²) in [6.45, 7) is 0. The summed E-state index contributed by atoms with van der Waals surface area (Å²) in [4.78, 5) is 14.3. The molecule has 0 aliphatic carbocycles. The zero-order valence-corrected chi connectivity index (χ0v) is 10.2. The maximum Gasteiger partial charge on any atom is 0.267 e. The molecule has 0 amide bonds. The second-order valence-corrected chi connectivity index (χ2v) is 4.13. The molecule has 0 aliphatic rings. The highest BCUT2D eigenvalue weighted by atomic mass is 32.2. The lowest BCUT2D eigenvalue weighted by Gasteiger charge is -2.06. The van der Waals surface area contributed by atoms with Gasteiger partial charge in [-0.05, 0) is 18.4 Å². The Balaban J connectivity index is 2.93. The molecule has 2 heterocycles. The van der Waals surface area contributed by atoms with Crippen molar-refractivity contribution in [1.29, 1.82) is 10.5 Å². The van der Waals surface area contributed by atoms with Crippen molar-refractivity contribution in [1.82, 2.24) is 4.98 Å². The van der Waals surface area contributed by atoms with E-state index in [4.69, 9.17) is 9.68 Å². The van der Waals surface area contributed by atoms with Gasteiger partial charge in [-0.1, -0.05) is 0 Å². The van der Waals surface area contributed by atoms with Crippen LogP contribution in [0.15, 0.2) is 32.6 Å². The predicted molar refractivity (Wildman–Crippen MR) is 66.0 cm³/mol. The van der Waals surface area contributed by atoms with Gasteiger partial charge in [0.2, 0.25) is 0 Å². The smallest absolute Gasteiger partial charge is 0.267 e. The van der Waals surface area contributed by atoms with Crippen LogP contribution in [-0.4, -0.2) is 11.2 Å². The number of hydrogen-bond donors (Lipinski definition) is 1. The fourth-order valence-electron chi connectivity index (χ4n) is 1.61. The molecule has 0 fully saturated rings. The number of aromatic amines is 1. The zero-order valence-electron chi connectivity index (χ0n) is 9.35. The molecule has 2 aromatic rings. The molecule has 0 atom stereocenters. The lowest BCUT2D eigenvalue weighted by atomic mass is 10.0. The average molecular weight is 257 g/mol. The van der Waals surface area contributed by atoms with Crippen molar-refractivity contribution >= 4 is 11.8 Å². The number of furan rings is 1. The molecule has 0 aromatic carbocycles. The van der Waals surface area contributed by atoms with Gasteiger partial charge in [-0.25, -0.2) is 0 Å². The van der Waals surface area contributed by atoms with Crippen molar-refractivity contribution in [3.05, 3.63) is 39.9 Å². The molecule has 0 aliphatic heterocycles. The van der Waals surface area contributed by atoms with Gasteiger partial charge in [-0.3, -0.25) is 4.79 Å². The molecular weight excluding hydrogens is 250 g/mol. The molecular formula is C12H7N3O2S. The molecule has 18 heavy (non-hydrogen) atoms. The van der Waals surface area contributed by atoms with Gasteiger partial charge >= 0.3 is 0 Å². The number of hydrogen-bond acceptors (Lipinski definition) is 5. The fourth-order valence-corrected chi connectivity index (χ4v) is 2.16. The van der Waals surface area contributed by atoms with E-state index in [-0.39, 0.29) is 16.7 Å². The molecule has 88 valence electrons. The van der Waals surface area contributed by atoms with E-state index in [0.29, 0.717) is 10.8 Å². The summed E-state index contributed by atoms with van der Waals surface area (Å²) in [5.74, 6) is 0.338. The van der Waals surface area contributed by atoms with Crippen LogP contribution in [-0.2, 0) is 0 Å². The number of nitriles is 2. The Morgan fingerprint density at radius 1 is 1.33 bits per heavy atom.